The summed E-state index contributed by atoms with van der Waals surface area (Å²) in [6.45, 7) is 0. The van der Waals surface area contributed by atoms with Gasteiger partial charge in [-0.25, -0.2) is 4.98 Å². The highest BCUT2D eigenvalue weighted by Crippen LogP contribution is 2.19. The van der Waals surface area contributed by atoms with E-state index in [1.54, 1.807) is 0 Å². The van der Waals surface area contributed by atoms with Crippen LogP contribution in [0.15, 0.2) is 47.5 Å². The maximum Gasteiger partial charge on any atom is 0.296 e. The summed E-state index contributed by atoms with van der Waals surface area (Å²) in [5.74, 6) is 0.545. The fraction of sp³-hybridized carbons (Fsp3) is 0. The predicted molar refractivity (Wildman–Crippen MR) is 69.1 cm³/mol. The van der Waals surface area contributed by atoms with Crippen LogP contribution in [-0.2, 0) is 10.1 Å². The van der Waals surface area contributed by atoms with Gasteiger partial charge in [0.15, 0.2) is 5.82 Å². The van der Waals surface area contributed by atoms with Crippen molar-refractivity contribution < 1.29 is 13.0 Å². The first kappa shape index (κ1) is 11.8. The predicted octanol–water partition coefficient (Wildman–Crippen LogP) is 1.87. The molecule has 0 saturated heterocycles. The van der Waals surface area contributed by atoms with Gasteiger partial charge in [-0.05, 0) is 24.3 Å². The summed E-state index contributed by atoms with van der Waals surface area (Å²) in [4.78, 5) is 11.2. The molecule has 0 saturated carbocycles. The third kappa shape index (κ3) is 2.20. The van der Waals surface area contributed by atoms with Crippen LogP contribution in [0.2, 0.25) is 0 Å². The normalized spacial score (nSPS) is 11.8. The summed E-state index contributed by atoms with van der Waals surface area (Å²) in [7, 11) is -4.22. The number of hydrogen-bond donors (Lipinski definition) is 2. The van der Waals surface area contributed by atoms with Crippen molar-refractivity contribution in [1.82, 2.24) is 15.0 Å². The minimum atomic E-state index is -4.22. The Bertz CT molecular complexity index is 805. The number of nitrogens with zero attached hydrogens (tertiary/aromatic N) is 2. The third-order valence-electron chi connectivity index (χ3n) is 2.67. The van der Waals surface area contributed by atoms with Crippen molar-refractivity contribution in [3.05, 3.63) is 42.6 Å². The van der Waals surface area contributed by atoms with Crippen LogP contribution in [0.1, 0.15) is 0 Å². The molecule has 0 spiro atoms. The van der Waals surface area contributed by atoms with Gasteiger partial charge in [-0.15, -0.1) is 0 Å². The lowest BCUT2D eigenvalue weighted by Crippen LogP contribution is -1.99. The largest absolute Gasteiger partial charge is 0.337 e. The molecule has 0 amide bonds. The number of aromatic amines is 1. The van der Waals surface area contributed by atoms with Crippen molar-refractivity contribution in [3.8, 4) is 11.5 Å². The lowest BCUT2D eigenvalue weighted by Gasteiger charge is -1.98. The van der Waals surface area contributed by atoms with Crippen molar-refractivity contribution in [2.75, 3.05) is 0 Å². The number of fused-ring (bicyclic) bond motifs is 1. The number of rotatable bonds is 2. The molecule has 2 heterocycles. The number of pyridine rings is 1. The minimum absolute atomic E-state index is 0.243. The summed E-state index contributed by atoms with van der Waals surface area (Å²) >= 11 is 0. The standard InChI is InChI=1S/C12H9N3O3S/c16-19(17,18)8-5-6-11(13-7-8)12-14-9-3-1-2-4-10(9)15-12/h1-7H,(H,14,15)(H,16,17,18). The van der Waals surface area contributed by atoms with Gasteiger partial charge in [0.1, 0.15) is 10.6 Å². The van der Waals surface area contributed by atoms with Gasteiger partial charge in [0.05, 0.1) is 11.0 Å². The molecule has 2 aromatic heterocycles. The Hall–Kier alpha value is -2.25. The Morgan fingerprint density at radius 3 is 2.53 bits per heavy atom. The fourth-order valence-corrected chi connectivity index (χ4v) is 2.17. The summed E-state index contributed by atoms with van der Waals surface area (Å²) in [6.07, 6.45) is 1.10. The van der Waals surface area contributed by atoms with Crippen molar-refractivity contribution in [1.29, 1.82) is 0 Å². The number of H-pyrrole nitrogens is 1. The van der Waals surface area contributed by atoms with Crippen LogP contribution >= 0.6 is 0 Å². The summed E-state index contributed by atoms with van der Waals surface area (Å²) in [6, 6.07) is 10.3. The SMILES string of the molecule is O=S(=O)(O)c1ccc(-c2nc3ccccc3[nH]2)nc1. The summed E-state index contributed by atoms with van der Waals surface area (Å²) < 4.78 is 30.7. The molecule has 0 aliphatic rings. The Balaban J connectivity index is 2.07. The zero-order valence-corrected chi connectivity index (χ0v) is 10.4. The van der Waals surface area contributed by atoms with E-state index < -0.39 is 10.1 Å². The first-order chi connectivity index (χ1) is 9.04. The van der Waals surface area contributed by atoms with Crippen molar-refractivity contribution >= 4 is 21.2 Å². The van der Waals surface area contributed by atoms with Crippen molar-refractivity contribution in [2.45, 2.75) is 4.90 Å². The Morgan fingerprint density at radius 1 is 1.11 bits per heavy atom. The number of benzene rings is 1. The van der Waals surface area contributed by atoms with Gasteiger partial charge in [-0.1, -0.05) is 12.1 Å². The molecule has 19 heavy (non-hydrogen) atoms. The van der Waals surface area contributed by atoms with Gasteiger partial charge in [0.2, 0.25) is 0 Å². The molecule has 0 atom stereocenters. The lowest BCUT2D eigenvalue weighted by molar-refractivity contribution is 0.483. The quantitative estimate of drug-likeness (QED) is 0.696. The maximum atomic E-state index is 10.9. The van der Waals surface area contributed by atoms with Crippen LogP contribution in [0, 0.1) is 0 Å². The molecule has 0 radical (unpaired) electrons. The molecule has 0 aliphatic carbocycles. The van der Waals surface area contributed by atoms with E-state index in [9.17, 15) is 8.42 Å². The number of hydrogen-bond acceptors (Lipinski definition) is 4. The molecule has 7 heteroatoms. The van der Waals surface area contributed by atoms with E-state index in [1.807, 2.05) is 24.3 Å². The van der Waals surface area contributed by atoms with E-state index >= 15 is 0 Å². The molecular formula is C12H9N3O3S. The molecule has 3 rings (SSSR count). The van der Waals surface area contributed by atoms with E-state index in [2.05, 4.69) is 15.0 Å². The van der Waals surface area contributed by atoms with Crippen LogP contribution < -0.4 is 0 Å². The first-order valence-corrected chi connectivity index (χ1v) is 6.87. The van der Waals surface area contributed by atoms with Crippen LogP contribution in [0.5, 0.6) is 0 Å². The second-order valence-corrected chi connectivity index (χ2v) is 5.38. The molecule has 0 bridgehead atoms. The van der Waals surface area contributed by atoms with Gasteiger partial charge < -0.3 is 4.98 Å². The number of nitrogens with one attached hydrogen (secondary N) is 1. The molecule has 2 N–H and O–H groups in total. The fourth-order valence-electron chi connectivity index (χ4n) is 1.75. The highest BCUT2D eigenvalue weighted by Gasteiger charge is 2.11. The second kappa shape index (κ2) is 4.15. The zero-order valence-electron chi connectivity index (χ0n) is 9.61. The molecule has 0 aliphatic heterocycles. The van der Waals surface area contributed by atoms with Gasteiger partial charge >= 0.3 is 0 Å². The topological polar surface area (TPSA) is 95.9 Å². The van der Waals surface area contributed by atoms with Crippen molar-refractivity contribution in [2.24, 2.45) is 0 Å². The van der Waals surface area contributed by atoms with Gasteiger partial charge in [-0.3, -0.25) is 9.54 Å². The van der Waals surface area contributed by atoms with E-state index in [0.717, 1.165) is 17.2 Å². The molecule has 0 unspecified atom stereocenters. The van der Waals surface area contributed by atoms with Gasteiger partial charge in [0, 0.05) is 6.20 Å². The van der Waals surface area contributed by atoms with E-state index in [4.69, 9.17) is 4.55 Å². The molecular weight excluding hydrogens is 266 g/mol. The van der Waals surface area contributed by atoms with Crippen molar-refractivity contribution in [3.63, 3.8) is 0 Å². The average Bonchev–Trinajstić information content (AvgIpc) is 2.81. The van der Waals surface area contributed by atoms with Crippen LogP contribution in [-0.4, -0.2) is 27.9 Å². The van der Waals surface area contributed by atoms with Crippen LogP contribution in [0.25, 0.3) is 22.6 Å². The highest BCUT2D eigenvalue weighted by atomic mass is 32.2. The Kier molecular flexibility index (Phi) is 2.58. The van der Waals surface area contributed by atoms with E-state index in [-0.39, 0.29) is 4.90 Å². The maximum absolute atomic E-state index is 10.9. The van der Waals surface area contributed by atoms with Gasteiger partial charge in [-0.2, -0.15) is 8.42 Å². The van der Waals surface area contributed by atoms with E-state index in [0.29, 0.717) is 11.5 Å². The first-order valence-electron chi connectivity index (χ1n) is 5.43. The Labute approximate surface area is 108 Å². The van der Waals surface area contributed by atoms with Crippen LogP contribution in [0.4, 0.5) is 0 Å². The lowest BCUT2D eigenvalue weighted by atomic mass is 10.3. The number of para-hydroxylation sites is 2. The molecule has 1 aromatic carbocycles. The summed E-state index contributed by atoms with van der Waals surface area (Å²) in [5.41, 5.74) is 2.18. The number of aromatic nitrogens is 3. The number of imidazole rings is 1. The second-order valence-electron chi connectivity index (χ2n) is 3.96. The third-order valence-corrected chi connectivity index (χ3v) is 3.50. The molecule has 3 aromatic rings. The summed E-state index contributed by atoms with van der Waals surface area (Å²) in [5, 5.41) is 0. The molecule has 96 valence electrons. The van der Waals surface area contributed by atoms with Gasteiger partial charge in [0.25, 0.3) is 10.1 Å². The zero-order chi connectivity index (χ0) is 13.5. The molecule has 6 nitrogen and oxygen atoms in total. The monoisotopic (exact) mass is 275 g/mol. The van der Waals surface area contributed by atoms with E-state index in [1.165, 1.54) is 12.1 Å². The average molecular weight is 275 g/mol. The smallest absolute Gasteiger partial charge is 0.296 e. The minimum Gasteiger partial charge on any atom is -0.337 e. The Morgan fingerprint density at radius 2 is 1.89 bits per heavy atom. The molecule has 0 fully saturated rings. The van der Waals surface area contributed by atoms with Crippen LogP contribution in [0.3, 0.4) is 0 Å². The highest BCUT2D eigenvalue weighted by molar-refractivity contribution is 7.85.